The van der Waals surface area contributed by atoms with Crippen LogP contribution in [0.3, 0.4) is 0 Å². The molecule has 0 aliphatic heterocycles. The number of hydrogen-bond donors (Lipinski definition) is 1. The van der Waals surface area contributed by atoms with Gasteiger partial charge in [-0.2, -0.15) is 0 Å². The Morgan fingerprint density at radius 1 is 1.44 bits per heavy atom. The molecule has 0 heterocycles. The molecule has 9 heavy (non-hydrogen) atoms. The summed E-state index contributed by atoms with van der Waals surface area (Å²) in [6.07, 6.45) is 4.96. The second-order valence-electron chi connectivity index (χ2n) is 2.44. The van der Waals surface area contributed by atoms with Crippen LogP contribution in [0.1, 0.15) is 27.2 Å². The first-order chi connectivity index (χ1) is 4.18. The van der Waals surface area contributed by atoms with Crippen LogP contribution in [0.4, 0.5) is 0 Å². The van der Waals surface area contributed by atoms with E-state index in [1.807, 2.05) is 19.9 Å². The first-order valence-electron chi connectivity index (χ1n) is 3.53. The fourth-order valence-electron chi connectivity index (χ4n) is 0.512. The first-order valence-corrected chi connectivity index (χ1v) is 3.53. The van der Waals surface area contributed by atoms with Gasteiger partial charge in [0.25, 0.3) is 0 Å². The van der Waals surface area contributed by atoms with Crippen LogP contribution in [0.15, 0.2) is 12.2 Å². The van der Waals surface area contributed by atoms with Crippen molar-refractivity contribution >= 4 is 0 Å². The summed E-state index contributed by atoms with van der Waals surface area (Å²) in [6, 6.07) is 0. The number of aliphatic hydroxyl groups is 1. The maximum absolute atomic E-state index is 9.00. The van der Waals surface area contributed by atoms with E-state index in [0.29, 0.717) is 5.92 Å². The Hall–Kier alpha value is -0.300. The SMILES string of the molecule is CCC=CC(C)C(C)O. The molecular formula is C8H16O. The van der Waals surface area contributed by atoms with E-state index in [-0.39, 0.29) is 6.10 Å². The predicted molar refractivity (Wildman–Crippen MR) is 40.3 cm³/mol. The van der Waals surface area contributed by atoms with Crippen LogP contribution >= 0.6 is 0 Å². The van der Waals surface area contributed by atoms with Crippen LogP contribution in [0.25, 0.3) is 0 Å². The molecule has 0 aromatic rings. The molecule has 0 aromatic carbocycles. The second kappa shape index (κ2) is 4.57. The van der Waals surface area contributed by atoms with Gasteiger partial charge >= 0.3 is 0 Å². The van der Waals surface area contributed by atoms with Gasteiger partial charge in [-0.15, -0.1) is 0 Å². The summed E-state index contributed by atoms with van der Waals surface area (Å²) >= 11 is 0. The van der Waals surface area contributed by atoms with Gasteiger partial charge < -0.3 is 5.11 Å². The summed E-state index contributed by atoms with van der Waals surface area (Å²) < 4.78 is 0. The first kappa shape index (κ1) is 8.70. The zero-order chi connectivity index (χ0) is 7.28. The van der Waals surface area contributed by atoms with Gasteiger partial charge in [0.15, 0.2) is 0 Å². The average Bonchev–Trinajstić information content (AvgIpc) is 1.82. The van der Waals surface area contributed by atoms with Crippen molar-refractivity contribution in [1.82, 2.24) is 0 Å². The van der Waals surface area contributed by atoms with Gasteiger partial charge in [0.1, 0.15) is 0 Å². The lowest BCUT2D eigenvalue weighted by Gasteiger charge is -2.07. The maximum Gasteiger partial charge on any atom is 0.0572 e. The molecule has 0 saturated heterocycles. The van der Waals surface area contributed by atoms with Crippen molar-refractivity contribution in [3.63, 3.8) is 0 Å². The molecule has 54 valence electrons. The summed E-state index contributed by atoms with van der Waals surface area (Å²) in [5.41, 5.74) is 0. The maximum atomic E-state index is 9.00. The molecule has 0 amide bonds. The van der Waals surface area contributed by atoms with E-state index in [1.54, 1.807) is 0 Å². The minimum Gasteiger partial charge on any atom is -0.393 e. The Labute approximate surface area is 57.4 Å². The monoisotopic (exact) mass is 128 g/mol. The average molecular weight is 128 g/mol. The van der Waals surface area contributed by atoms with Crippen LogP contribution in [0.2, 0.25) is 0 Å². The quantitative estimate of drug-likeness (QED) is 0.576. The van der Waals surface area contributed by atoms with Crippen LogP contribution in [0, 0.1) is 5.92 Å². The van der Waals surface area contributed by atoms with Crippen LogP contribution in [-0.4, -0.2) is 11.2 Å². The molecule has 0 aliphatic carbocycles. The fraction of sp³-hybridized carbons (Fsp3) is 0.750. The summed E-state index contributed by atoms with van der Waals surface area (Å²) in [7, 11) is 0. The van der Waals surface area contributed by atoms with Gasteiger partial charge in [0.05, 0.1) is 6.10 Å². The van der Waals surface area contributed by atoms with Crippen LogP contribution in [0.5, 0.6) is 0 Å². The lowest BCUT2D eigenvalue weighted by molar-refractivity contribution is 0.157. The second-order valence-corrected chi connectivity index (χ2v) is 2.44. The van der Waals surface area contributed by atoms with Crippen LogP contribution < -0.4 is 0 Å². The van der Waals surface area contributed by atoms with Crippen molar-refractivity contribution in [1.29, 1.82) is 0 Å². The highest BCUT2D eigenvalue weighted by Crippen LogP contribution is 2.03. The molecule has 1 heteroatoms. The zero-order valence-electron chi connectivity index (χ0n) is 6.46. The third-order valence-electron chi connectivity index (χ3n) is 1.44. The summed E-state index contributed by atoms with van der Waals surface area (Å²) in [6.45, 7) is 5.91. The van der Waals surface area contributed by atoms with Crippen molar-refractivity contribution in [2.45, 2.75) is 33.3 Å². The number of rotatable bonds is 3. The normalized spacial score (nSPS) is 18.2. The number of allylic oxidation sites excluding steroid dienone is 1. The Morgan fingerprint density at radius 2 is 2.00 bits per heavy atom. The van der Waals surface area contributed by atoms with E-state index in [9.17, 15) is 0 Å². The smallest absolute Gasteiger partial charge is 0.0572 e. The van der Waals surface area contributed by atoms with Gasteiger partial charge in [-0.25, -0.2) is 0 Å². The molecule has 0 spiro atoms. The highest BCUT2D eigenvalue weighted by molar-refractivity contribution is 4.87. The van der Waals surface area contributed by atoms with Crippen LogP contribution in [-0.2, 0) is 0 Å². The van der Waals surface area contributed by atoms with E-state index < -0.39 is 0 Å². The van der Waals surface area contributed by atoms with E-state index >= 15 is 0 Å². The summed E-state index contributed by atoms with van der Waals surface area (Å²) in [5.74, 6) is 0.296. The van der Waals surface area contributed by atoms with E-state index in [1.165, 1.54) is 0 Å². The molecule has 0 rings (SSSR count). The molecule has 0 aromatic heterocycles. The van der Waals surface area contributed by atoms with Gasteiger partial charge in [-0.1, -0.05) is 26.0 Å². The molecule has 0 aliphatic rings. The highest BCUT2D eigenvalue weighted by atomic mass is 16.3. The minimum atomic E-state index is -0.215. The van der Waals surface area contributed by atoms with E-state index in [4.69, 9.17) is 5.11 Å². The molecule has 1 N–H and O–H groups in total. The number of hydrogen-bond acceptors (Lipinski definition) is 1. The Balaban J connectivity index is 3.48. The van der Waals surface area contributed by atoms with Gasteiger partial charge in [-0.3, -0.25) is 0 Å². The van der Waals surface area contributed by atoms with Crippen molar-refractivity contribution < 1.29 is 5.11 Å². The highest BCUT2D eigenvalue weighted by Gasteiger charge is 2.01. The molecule has 2 atom stereocenters. The molecule has 2 unspecified atom stereocenters. The molecule has 0 saturated carbocycles. The Morgan fingerprint density at radius 3 is 2.33 bits per heavy atom. The third-order valence-corrected chi connectivity index (χ3v) is 1.44. The minimum absolute atomic E-state index is 0.215. The number of aliphatic hydroxyl groups excluding tert-OH is 1. The summed E-state index contributed by atoms with van der Waals surface area (Å²) in [4.78, 5) is 0. The van der Waals surface area contributed by atoms with Crippen molar-refractivity contribution in [2.75, 3.05) is 0 Å². The van der Waals surface area contributed by atoms with Crippen molar-refractivity contribution in [3.05, 3.63) is 12.2 Å². The van der Waals surface area contributed by atoms with Gasteiger partial charge in [0.2, 0.25) is 0 Å². The lowest BCUT2D eigenvalue weighted by Crippen LogP contribution is -2.09. The molecule has 0 radical (unpaired) electrons. The molecule has 1 nitrogen and oxygen atoms in total. The van der Waals surface area contributed by atoms with Crippen molar-refractivity contribution in [2.24, 2.45) is 5.92 Å². The van der Waals surface area contributed by atoms with Gasteiger partial charge in [-0.05, 0) is 19.3 Å². The largest absolute Gasteiger partial charge is 0.393 e. The zero-order valence-corrected chi connectivity index (χ0v) is 6.46. The van der Waals surface area contributed by atoms with E-state index in [2.05, 4.69) is 13.0 Å². The fourth-order valence-corrected chi connectivity index (χ4v) is 0.512. The Bertz CT molecular complexity index is 84.6. The molecule has 0 bridgehead atoms. The van der Waals surface area contributed by atoms with Crippen molar-refractivity contribution in [3.8, 4) is 0 Å². The molecule has 0 fully saturated rings. The predicted octanol–water partition coefficient (Wildman–Crippen LogP) is 1.97. The topological polar surface area (TPSA) is 20.2 Å². The Kier molecular flexibility index (Phi) is 4.41. The lowest BCUT2D eigenvalue weighted by atomic mass is 10.1. The standard InChI is InChI=1S/C8H16O/c1-4-5-6-7(2)8(3)9/h5-9H,4H2,1-3H3. The van der Waals surface area contributed by atoms with E-state index in [0.717, 1.165) is 6.42 Å². The summed E-state index contributed by atoms with van der Waals surface area (Å²) in [5, 5.41) is 9.00. The molecular weight excluding hydrogens is 112 g/mol. The van der Waals surface area contributed by atoms with Gasteiger partial charge in [0, 0.05) is 0 Å². The third kappa shape index (κ3) is 4.22.